The molecule has 5 heteroatoms. The minimum atomic E-state index is 0.0768. The molecule has 1 unspecified atom stereocenters. The molecule has 3 rings (SSSR count). The number of benzene rings is 2. The molecule has 0 spiro atoms. The van der Waals surface area contributed by atoms with Gasteiger partial charge in [0.1, 0.15) is 10.0 Å². The van der Waals surface area contributed by atoms with Crippen molar-refractivity contribution in [2.24, 2.45) is 0 Å². The second-order valence-electron chi connectivity index (χ2n) is 4.58. The van der Waals surface area contributed by atoms with E-state index in [1.54, 1.807) is 11.3 Å². The van der Waals surface area contributed by atoms with Gasteiger partial charge in [-0.3, -0.25) is 0 Å². The van der Waals surface area contributed by atoms with Crippen LogP contribution in [0.3, 0.4) is 0 Å². The van der Waals surface area contributed by atoms with E-state index >= 15 is 0 Å². The quantitative estimate of drug-likeness (QED) is 0.755. The number of nitrogens with zero attached hydrogens (tertiary/aromatic N) is 2. The molecule has 0 aliphatic carbocycles. The topological polar surface area (TPSA) is 37.8 Å². The van der Waals surface area contributed by atoms with Crippen molar-refractivity contribution in [2.45, 2.75) is 6.04 Å². The van der Waals surface area contributed by atoms with Crippen LogP contribution in [0.2, 0.25) is 0 Å². The van der Waals surface area contributed by atoms with Gasteiger partial charge in [-0.25, -0.2) is 0 Å². The van der Waals surface area contributed by atoms with Gasteiger partial charge in [0.05, 0.1) is 6.04 Å². The van der Waals surface area contributed by atoms with Crippen LogP contribution < -0.4 is 5.32 Å². The van der Waals surface area contributed by atoms with E-state index in [1.165, 1.54) is 5.56 Å². The maximum atomic E-state index is 4.36. The lowest BCUT2D eigenvalue weighted by Gasteiger charge is -2.12. The number of hydrogen-bond donors (Lipinski definition) is 1. The first-order chi connectivity index (χ1) is 10.3. The molecule has 2 aromatic carbocycles. The molecule has 1 N–H and O–H groups in total. The molecule has 1 aromatic heterocycles. The Balaban J connectivity index is 1.92. The lowest BCUT2D eigenvalue weighted by atomic mass is 10.1. The van der Waals surface area contributed by atoms with Crippen molar-refractivity contribution in [3.63, 3.8) is 0 Å². The van der Waals surface area contributed by atoms with E-state index in [4.69, 9.17) is 0 Å². The molecule has 0 radical (unpaired) electrons. The highest BCUT2D eigenvalue weighted by Crippen LogP contribution is 2.30. The summed E-state index contributed by atoms with van der Waals surface area (Å²) in [5, 5.41) is 13.9. The second-order valence-corrected chi connectivity index (χ2v) is 6.51. The third-order valence-corrected chi connectivity index (χ3v) is 4.77. The molecule has 3 nitrogen and oxygen atoms in total. The normalized spacial score (nSPS) is 12.3. The number of aromatic nitrogens is 2. The summed E-state index contributed by atoms with van der Waals surface area (Å²) in [4.78, 5) is 0. The first-order valence-corrected chi connectivity index (χ1v) is 8.20. The van der Waals surface area contributed by atoms with Crippen molar-refractivity contribution in [1.29, 1.82) is 0 Å². The summed E-state index contributed by atoms with van der Waals surface area (Å²) in [5.74, 6) is 0. The highest BCUT2D eigenvalue weighted by Gasteiger charge is 2.17. The van der Waals surface area contributed by atoms with Gasteiger partial charge in [-0.2, -0.15) is 0 Å². The van der Waals surface area contributed by atoms with Crippen molar-refractivity contribution in [1.82, 2.24) is 15.5 Å². The van der Waals surface area contributed by atoms with E-state index in [-0.39, 0.29) is 6.04 Å². The fourth-order valence-electron chi connectivity index (χ4n) is 2.14. The van der Waals surface area contributed by atoms with Gasteiger partial charge in [0, 0.05) is 10.0 Å². The molecule has 106 valence electrons. The van der Waals surface area contributed by atoms with Crippen LogP contribution in [0.15, 0.2) is 59.1 Å². The van der Waals surface area contributed by atoms with E-state index in [0.29, 0.717) is 0 Å². The molecular weight excluding hydrogens is 346 g/mol. The largest absolute Gasteiger partial charge is 0.307 e. The zero-order valence-corrected chi connectivity index (χ0v) is 13.9. The van der Waals surface area contributed by atoms with Gasteiger partial charge in [0.2, 0.25) is 0 Å². The molecule has 0 amide bonds. The van der Waals surface area contributed by atoms with Crippen molar-refractivity contribution >= 4 is 27.3 Å². The zero-order chi connectivity index (χ0) is 14.7. The Morgan fingerprint density at radius 2 is 1.71 bits per heavy atom. The van der Waals surface area contributed by atoms with Gasteiger partial charge in [-0.15, -0.1) is 10.2 Å². The fraction of sp³-hybridized carbons (Fsp3) is 0.125. The summed E-state index contributed by atoms with van der Waals surface area (Å²) in [6.07, 6.45) is 0. The molecule has 1 heterocycles. The number of hydrogen-bond acceptors (Lipinski definition) is 4. The highest BCUT2D eigenvalue weighted by atomic mass is 79.9. The Kier molecular flexibility index (Phi) is 4.43. The molecule has 0 fully saturated rings. The standard InChI is InChI=1S/C16H14BrN3S/c1-18-14(11-5-3-2-4-6-11)16-20-19-15(21-16)12-7-9-13(17)10-8-12/h2-10,14,18H,1H3. The first-order valence-electron chi connectivity index (χ1n) is 6.59. The summed E-state index contributed by atoms with van der Waals surface area (Å²) in [7, 11) is 1.94. The monoisotopic (exact) mass is 359 g/mol. The minimum absolute atomic E-state index is 0.0768. The van der Waals surface area contributed by atoms with E-state index in [2.05, 4.69) is 43.6 Å². The summed E-state index contributed by atoms with van der Waals surface area (Å²) >= 11 is 5.06. The van der Waals surface area contributed by atoms with Crippen LogP contribution >= 0.6 is 27.3 Å². The number of halogens is 1. The summed E-state index contributed by atoms with van der Waals surface area (Å²) in [6.45, 7) is 0. The summed E-state index contributed by atoms with van der Waals surface area (Å²) in [5.41, 5.74) is 2.28. The number of nitrogens with one attached hydrogen (secondary N) is 1. The Morgan fingerprint density at radius 3 is 2.38 bits per heavy atom. The predicted octanol–water partition coefficient (Wildman–Crippen LogP) is 4.28. The third-order valence-electron chi connectivity index (χ3n) is 3.20. The summed E-state index contributed by atoms with van der Waals surface area (Å²) < 4.78 is 1.06. The maximum absolute atomic E-state index is 4.36. The molecule has 1 atom stereocenters. The van der Waals surface area contributed by atoms with E-state index < -0.39 is 0 Å². The van der Waals surface area contributed by atoms with Crippen LogP contribution in [0, 0.1) is 0 Å². The molecule has 0 saturated heterocycles. The highest BCUT2D eigenvalue weighted by molar-refractivity contribution is 9.10. The Hall–Kier alpha value is -1.56. The Morgan fingerprint density at radius 1 is 1.00 bits per heavy atom. The molecular formula is C16H14BrN3S. The van der Waals surface area contributed by atoms with Gasteiger partial charge in [0.25, 0.3) is 0 Å². The van der Waals surface area contributed by atoms with Crippen LogP contribution in [0.1, 0.15) is 16.6 Å². The maximum Gasteiger partial charge on any atom is 0.147 e. The molecule has 3 aromatic rings. The van der Waals surface area contributed by atoms with Crippen LogP contribution in [0.4, 0.5) is 0 Å². The van der Waals surface area contributed by atoms with Crippen LogP contribution in [0.25, 0.3) is 10.6 Å². The van der Waals surface area contributed by atoms with Crippen LogP contribution in [-0.4, -0.2) is 17.2 Å². The number of rotatable bonds is 4. The van der Waals surface area contributed by atoms with Crippen molar-refractivity contribution in [2.75, 3.05) is 7.05 Å². The minimum Gasteiger partial charge on any atom is -0.307 e. The SMILES string of the molecule is CNC(c1ccccc1)c1nnc(-c2ccc(Br)cc2)s1. The Labute approximate surface area is 136 Å². The van der Waals surface area contributed by atoms with Gasteiger partial charge >= 0.3 is 0 Å². The fourth-order valence-corrected chi connectivity index (χ4v) is 3.39. The average molecular weight is 360 g/mol. The Bertz CT molecular complexity index is 710. The zero-order valence-electron chi connectivity index (χ0n) is 11.5. The van der Waals surface area contributed by atoms with Gasteiger partial charge in [-0.1, -0.05) is 69.7 Å². The van der Waals surface area contributed by atoms with E-state index in [0.717, 1.165) is 20.1 Å². The third kappa shape index (κ3) is 3.20. The summed E-state index contributed by atoms with van der Waals surface area (Å²) in [6, 6.07) is 18.5. The molecule has 0 bridgehead atoms. The van der Waals surface area contributed by atoms with E-state index in [1.807, 2.05) is 49.5 Å². The lowest BCUT2D eigenvalue weighted by molar-refractivity contribution is 0.678. The van der Waals surface area contributed by atoms with Crippen molar-refractivity contribution in [3.8, 4) is 10.6 Å². The first kappa shape index (κ1) is 14.4. The smallest absolute Gasteiger partial charge is 0.147 e. The lowest BCUT2D eigenvalue weighted by Crippen LogP contribution is -2.17. The molecule has 21 heavy (non-hydrogen) atoms. The molecule has 0 saturated carbocycles. The van der Waals surface area contributed by atoms with Gasteiger partial charge in [-0.05, 0) is 24.7 Å². The van der Waals surface area contributed by atoms with Gasteiger partial charge < -0.3 is 5.32 Å². The molecule has 0 aliphatic rings. The predicted molar refractivity (Wildman–Crippen MR) is 90.4 cm³/mol. The van der Waals surface area contributed by atoms with Crippen molar-refractivity contribution < 1.29 is 0 Å². The van der Waals surface area contributed by atoms with Gasteiger partial charge in [0.15, 0.2) is 0 Å². The van der Waals surface area contributed by atoms with Crippen molar-refractivity contribution in [3.05, 3.63) is 69.6 Å². The average Bonchev–Trinajstić information content (AvgIpc) is 2.99. The van der Waals surface area contributed by atoms with Crippen LogP contribution in [0.5, 0.6) is 0 Å². The molecule has 0 aliphatic heterocycles. The van der Waals surface area contributed by atoms with Crippen LogP contribution in [-0.2, 0) is 0 Å². The second kappa shape index (κ2) is 6.47. The van der Waals surface area contributed by atoms with E-state index in [9.17, 15) is 0 Å².